The number of methoxy groups -OCH3 is 1. The van der Waals surface area contributed by atoms with Crippen LogP contribution in [0.25, 0.3) is 0 Å². The number of halogens is 1. The van der Waals surface area contributed by atoms with E-state index < -0.39 is 16.6 Å². The van der Waals surface area contributed by atoms with Crippen molar-refractivity contribution in [3.05, 3.63) is 36.9 Å². The molecule has 0 amide bonds. The number of nitro groups is 1. The summed E-state index contributed by atoms with van der Waals surface area (Å²) in [7, 11) is 1.12. The third-order valence-corrected chi connectivity index (χ3v) is 2.73. The Bertz CT molecular complexity index is 507. The smallest absolute Gasteiger partial charge is 0.344 e. The molecule has 0 atom stereocenters. The van der Waals surface area contributed by atoms with Crippen LogP contribution in [0.4, 0.5) is 5.69 Å². The van der Waals surface area contributed by atoms with Crippen molar-refractivity contribution in [2.75, 3.05) is 7.11 Å². The van der Waals surface area contributed by atoms with Gasteiger partial charge in [-0.05, 0) is 34.7 Å². The molecular weight excluding hydrogens is 327 g/mol. The predicted octanol–water partition coefficient (Wildman–Crippen LogP) is 1.86. The molecule has 0 saturated carbocycles. The number of nitrogens with zero attached hydrogens (tertiary/aromatic N) is 2. The summed E-state index contributed by atoms with van der Waals surface area (Å²) in [6.07, 6.45) is 0. The summed E-state index contributed by atoms with van der Waals surface area (Å²) in [6, 6.07) is 4.43. The highest BCUT2D eigenvalue weighted by molar-refractivity contribution is 14.1. The Morgan fingerprint density at radius 3 is 2.69 bits per heavy atom. The fourth-order valence-corrected chi connectivity index (χ4v) is 1.69. The van der Waals surface area contributed by atoms with Crippen molar-refractivity contribution in [2.24, 2.45) is 0 Å². The van der Waals surface area contributed by atoms with Crippen molar-refractivity contribution in [3.63, 3.8) is 0 Å². The van der Waals surface area contributed by atoms with Gasteiger partial charge in [-0.15, -0.1) is 0 Å². The standard InChI is InChI=1S/C9H5IN2O4/c1-16-9(13)5-2-3-7(10)6(4-11)8(5)12(14)15/h2-3H,1H3. The Morgan fingerprint density at radius 2 is 2.25 bits per heavy atom. The van der Waals surface area contributed by atoms with Gasteiger partial charge in [0.15, 0.2) is 0 Å². The van der Waals surface area contributed by atoms with Gasteiger partial charge in [-0.1, -0.05) is 0 Å². The molecule has 0 aliphatic carbocycles. The van der Waals surface area contributed by atoms with Crippen LogP contribution in [0.3, 0.4) is 0 Å². The monoisotopic (exact) mass is 332 g/mol. The van der Waals surface area contributed by atoms with E-state index in [-0.39, 0.29) is 11.1 Å². The van der Waals surface area contributed by atoms with Crippen LogP contribution in [0.15, 0.2) is 12.1 Å². The average molecular weight is 332 g/mol. The minimum atomic E-state index is -0.834. The molecule has 1 aromatic carbocycles. The van der Waals surface area contributed by atoms with E-state index in [2.05, 4.69) is 4.74 Å². The number of benzene rings is 1. The Kier molecular flexibility index (Phi) is 3.78. The van der Waals surface area contributed by atoms with Crippen molar-refractivity contribution < 1.29 is 14.5 Å². The second-order valence-electron chi connectivity index (χ2n) is 2.68. The lowest BCUT2D eigenvalue weighted by molar-refractivity contribution is -0.385. The molecule has 0 bridgehead atoms. The molecule has 0 aliphatic rings. The quantitative estimate of drug-likeness (QED) is 0.357. The minimum absolute atomic E-state index is 0.131. The first-order chi connectivity index (χ1) is 7.52. The molecule has 0 saturated heterocycles. The molecule has 7 heteroatoms. The maximum Gasteiger partial charge on any atom is 0.344 e. The molecule has 0 heterocycles. The van der Waals surface area contributed by atoms with Crippen LogP contribution >= 0.6 is 22.6 Å². The lowest BCUT2D eigenvalue weighted by Crippen LogP contribution is -2.08. The van der Waals surface area contributed by atoms with Crippen LogP contribution in [-0.4, -0.2) is 18.0 Å². The fourth-order valence-electron chi connectivity index (χ4n) is 1.14. The lowest BCUT2D eigenvalue weighted by Gasteiger charge is -2.03. The van der Waals surface area contributed by atoms with E-state index in [4.69, 9.17) is 5.26 Å². The summed E-state index contributed by atoms with van der Waals surface area (Å²) in [5.41, 5.74) is -0.862. The summed E-state index contributed by atoms with van der Waals surface area (Å²) >= 11 is 1.79. The van der Waals surface area contributed by atoms with Gasteiger partial charge in [0.1, 0.15) is 17.2 Å². The van der Waals surface area contributed by atoms with E-state index in [0.29, 0.717) is 3.57 Å². The number of esters is 1. The van der Waals surface area contributed by atoms with E-state index in [9.17, 15) is 14.9 Å². The number of hydrogen-bond acceptors (Lipinski definition) is 5. The van der Waals surface area contributed by atoms with Crippen molar-refractivity contribution in [3.8, 4) is 6.07 Å². The van der Waals surface area contributed by atoms with Crippen LogP contribution in [0.1, 0.15) is 15.9 Å². The number of hydrogen-bond donors (Lipinski definition) is 0. The molecular formula is C9H5IN2O4. The number of rotatable bonds is 2. The van der Waals surface area contributed by atoms with Crippen LogP contribution in [0.2, 0.25) is 0 Å². The molecule has 1 rings (SSSR count). The van der Waals surface area contributed by atoms with Gasteiger partial charge in [0.25, 0.3) is 0 Å². The van der Waals surface area contributed by atoms with Gasteiger partial charge < -0.3 is 4.74 Å². The average Bonchev–Trinajstić information content (AvgIpc) is 2.27. The molecule has 6 nitrogen and oxygen atoms in total. The Balaban J connectivity index is 3.59. The first kappa shape index (κ1) is 12.4. The highest BCUT2D eigenvalue weighted by atomic mass is 127. The fraction of sp³-hybridized carbons (Fsp3) is 0.111. The second-order valence-corrected chi connectivity index (χ2v) is 3.84. The third-order valence-electron chi connectivity index (χ3n) is 1.83. The van der Waals surface area contributed by atoms with Gasteiger partial charge in [0.2, 0.25) is 0 Å². The van der Waals surface area contributed by atoms with Crippen LogP contribution in [0.5, 0.6) is 0 Å². The molecule has 0 N–H and O–H groups in total. The number of ether oxygens (including phenoxy) is 1. The van der Waals surface area contributed by atoms with Crippen LogP contribution in [0, 0.1) is 25.0 Å². The number of carbonyl (C=O) groups is 1. The molecule has 0 spiro atoms. The van der Waals surface area contributed by atoms with E-state index in [0.717, 1.165) is 7.11 Å². The maximum atomic E-state index is 11.3. The normalized spacial score (nSPS) is 9.31. The highest BCUT2D eigenvalue weighted by Crippen LogP contribution is 2.28. The van der Waals surface area contributed by atoms with Crippen LogP contribution < -0.4 is 0 Å². The Hall–Kier alpha value is -1.69. The second kappa shape index (κ2) is 4.89. The van der Waals surface area contributed by atoms with E-state index in [1.165, 1.54) is 12.1 Å². The van der Waals surface area contributed by atoms with Gasteiger partial charge in [0.05, 0.1) is 12.0 Å². The summed E-state index contributed by atoms with van der Waals surface area (Å²) in [6.45, 7) is 0. The largest absolute Gasteiger partial charge is 0.465 e. The van der Waals surface area contributed by atoms with Gasteiger partial charge in [-0.25, -0.2) is 4.79 Å². The number of nitriles is 1. The van der Waals surface area contributed by atoms with Crippen molar-refractivity contribution in [2.45, 2.75) is 0 Å². The Morgan fingerprint density at radius 1 is 1.62 bits per heavy atom. The molecule has 0 aromatic heterocycles. The first-order valence-electron chi connectivity index (χ1n) is 3.98. The number of carbonyl (C=O) groups excluding carboxylic acids is 1. The SMILES string of the molecule is COC(=O)c1ccc(I)c(C#N)c1[N+](=O)[O-]. The van der Waals surface area contributed by atoms with Gasteiger partial charge >= 0.3 is 11.7 Å². The molecule has 1 aromatic rings. The zero-order valence-corrected chi connectivity index (χ0v) is 10.2. The highest BCUT2D eigenvalue weighted by Gasteiger charge is 2.27. The van der Waals surface area contributed by atoms with Gasteiger partial charge in [-0.2, -0.15) is 5.26 Å². The van der Waals surface area contributed by atoms with E-state index >= 15 is 0 Å². The minimum Gasteiger partial charge on any atom is -0.465 e. The third kappa shape index (κ3) is 2.11. The molecule has 0 unspecified atom stereocenters. The summed E-state index contributed by atoms with van der Waals surface area (Å²) in [5.74, 6) is -0.834. The molecule has 0 radical (unpaired) electrons. The van der Waals surface area contributed by atoms with Crippen molar-refractivity contribution >= 4 is 34.2 Å². The zero-order chi connectivity index (χ0) is 12.3. The van der Waals surface area contributed by atoms with Gasteiger partial charge in [-0.3, -0.25) is 10.1 Å². The summed E-state index contributed by atoms with van der Waals surface area (Å²) in [4.78, 5) is 21.3. The van der Waals surface area contributed by atoms with Gasteiger partial charge in [0, 0.05) is 3.57 Å². The predicted molar refractivity (Wildman–Crippen MR) is 61.9 cm³/mol. The molecule has 82 valence electrons. The van der Waals surface area contributed by atoms with E-state index in [1.54, 1.807) is 28.7 Å². The Labute approximate surface area is 104 Å². The summed E-state index contributed by atoms with van der Waals surface area (Å²) < 4.78 is 4.83. The molecule has 0 fully saturated rings. The number of nitro benzene ring substituents is 1. The van der Waals surface area contributed by atoms with Crippen molar-refractivity contribution in [1.82, 2.24) is 0 Å². The molecule has 16 heavy (non-hydrogen) atoms. The first-order valence-corrected chi connectivity index (χ1v) is 5.06. The van der Waals surface area contributed by atoms with Crippen molar-refractivity contribution in [1.29, 1.82) is 5.26 Å². The zero-order valence-electron chi connectivity index (χ0n) is 8.06. The molecule has 0 aliphatic heterocycles. The van der Waals surface area contributed by atoms with Crippen LogP contribution in [-0.2, 0) is 4.74 Å². The maximum absolute atomic E-state index is 11.3. The topological polar surface area (TPSA) is 93.2 Å². The lowest BCUT2D eigenvalue weighted by atomic mass is 10.1. The van der Waals surface area contributed by atoms with E-state index in [1.807, 2.05) is 0 Å². The summed E-state index contributed by atoms with van der Waals surface area (Å²) in [5, 5.41) is 19.6.